The highest BCUT2D eigenvalue weighted by atomic mass is 16.5. The van der Waals surface area contributed by atoms with Crippen molar-refractivity contribution in [2.24, 2.45) is 0 Å². The minimum Gasteiger partial charge on any atom is -0.494 e. The van der Waals surface area contributed by atoms with Gasteiger partial charge in [-0.05, 0) is 31.5 Å². The van der Waals surface area contributed by atoms with Crippen molar-refractivity contribution in [2.75, 3.05) is 13.2 Å². The Morgan fingerprint density at radius 2 is 1.86 bits per heavy atom. The molecule has 0 atom stereocenters. The van der Waals surface area contributed by atoms with Crippen molar-refractivity contribution in [2.45, 2.75) is 26.7 Å². The van der Waals surface area contributed by atoms with E-state index in [9.17, 15) is 0 Å². The first kappa shape index (κ1) is 10.9. The third-order valence-electron chi connectivity index (χ3n) is 1.81. The van der Waals surface area contributed by atoms with Gasteiger partial charge in [-0.1, -0.05) is 13.3 Å². The number of benzene rings is 1. The number of rotatable bonds is 6. The van der Waals surface area contributed by atoms with Crippen molar-refractivity contribution in [1.82, 2.24) is 0 Å². The summed E-state index contributed by atoms with van der Waals surface area (Å²) in [5.41, 5.74) is 0. The van der Waals surface area contributed by atoms with Gasteiger partial charge in [0.15, 0.2) is 0 Å². The molecule has 0 unspecified atom stereocenters. The van der Waals surface area contributed by atoms with Crippen LogP contribution in [0.2, 0.25) is 0 Å². The zero-order valence-electron chi connectivity index (χ0n) is 8.88. The number of unbranched alkanes of at least 4 members (excludes halogenated alkanes) is 1. The molecule has 0 saturated heterocycles. The lowest BCUT2D eigenvalue weighted by molar-refractivity contribution is 0.302. The highest BCUT2D eigenvalue weighted by Crippen LogP contribution is 2.18. The average Bonchev–Trinajstić information content (AvgIpc) is 2.19. The van der Waals surface area contributed by atoms with E-state index >= 15 is 0 Å². The minimum absolute atomic E-state index is 0.673. The van der Waals surface area contributed by atoms with Gasteiger partial charge in [-0.25, -0.2) is 0 Å². The molecule has 0 fully saturated rings. The Morgan fingerprint density at radius 1 is 1.14 bits per heavy atom. The molecule has 1 aromatic carbocycles. The molecule has 0 aromatic heterocycles. The second-order valence-corrected chi connectivity index (χ2v) is 3.04. The second-order valence-electron chi connectivity index (χ2n) is 3.04. The fourth-order valence-corrected chi connectivity index (χ4v) is 1.10. The highest BCUT2D eigenvalue weighted by molar-refractivity contribution is 5.32. The fourth-order valence-electron chi connectivity index (χ4n) is 1.10. The van der Waals surface area contributed by atoms with Crippen LogP contribution in [-0.4, -0.2) is 13.2 Å². The van der Waals surface area contributed by atoms with Crippen LogP contribution >= 0.6 is 0 Å². The molecule has 0 bridgehead atoms. The first-order chi connectivity index (χ1) is 6.86. The monoisotopic (exact) mass is 193 g/mol. The molecule has 2 heteroatoms. The van der Waals surface area contributed by atoms with Gasteiger partial charge in [-0.2, -0.15) is 0 Å². The Labute approximate surface area is 85.8 Å². The van der Waals surface area contributed by atoms with Crippen LogP contribution in [-0.2, 0) is 0 Å². The molecule has 1 rings (SSSR count). The predicted molar refractivity (Wildman–Crippen MR) is 56.9 cm³/mol. The first-order valence-electron chi connectivity index (χ1n) is 5.13. The lowest BCUT2D eigenvalue weighted by Gasteiger charge is -2.07. The molecule has 1 radical (unpaired) electrons. The molecule has 77 valence electrons. The summed E-state index contributed by atoms with van der Waals surface area (Å²) >= 11 is 0. The third-order valence-corrected chi connectivity index (χ3v) is 1.81. The second kappa shape index (κ2) is 6.30. The van der Waals surface area contributed by atoms with Gasteiger partial charge < -0.3 is 9.47 Å². The van der Waals surface area contributed by atoms with Crippen LogP contribution in [0, 0.1) is 6.07 Å². The van der Waals surface area contributed by atoms with Crippen molar-refractivity contribution in [1.29, 1.82) is 0 Å². The molecule has 14 heavy (non-hydrogen) atoms. The number of ether oxygens (including phenoxy) is 2. The van der Waals surface area contributed by atoms with Crippen molar-refractivity contribution in [3.8, 4) is 11.5 Å². The SMILES string of the molecule is CCCCOc1c[c]cc(OCC)c1. The Morgan fingerprint density at radius 3 is 2.50 bits per heavy atom. The zero-order chi connectivity index (χ0) is 10.2. The highest BCUT2D eigenvalue weighted by Gasteiger charge is 1.96. The van der Waals surface area contributed by atoms with Crippen LogP contribution in [0.1, 0.15) is 26.7 Å². The summed E-state index contributed by atoms with van der Waals surface area (Å²) in [6.07, 6.45) is 2.23. The molecule has 0 heterocycles. The topological polar surface area (TPSA) is 18.5 Å². The summed E-state index contributed by atoms with van der Waals surface area (Å²) in [7, 11) is 0. The van der Waals surface area contributed by atoms with E-state index in [0.717, 1.165) is 30.9 Å². The molecule has 0 amide bonds. The Balaban J connectivity index is 2.46. The normalized spacial score (nSPS) is 9.86. The average molecular weight is 193 g/mol. The summed E-state index contributed by atoms with van der Waals surface area (Å²) in [5.74, 6) is 1.66. The Bertz CT molecular complexity index is 258. The van der Waals surface area contributed by atoms with Crippen LogP contribution in [0.15, 0.2) is 18.2 Å². The predicted octanol–water partition coefficient (Wildman–Crippen LogP) is 3.06. The molecule has 0 aliphatic rings. The van der Waals surface area contributed by atoms with E-state index in [1.165, 1.54) is 0 Å². The summed E-state index contributed by atoms with van der Waals surface area (Å²) in [5, 5.41) is 0. The lowest BCUT2D eigenvalue weighted by atomic mass is 10.3. The fraction of sp³-hybridized carbons (Fsp3) is 0.500. The van der Waals surface area contributed by atoms with Crippen LogP contribution in [0.25, 0.3) is 0 Å². The van der Waals surface area contributed by atoms with Crippen molar-refractivity contribution < 1.29 is 9.47 Å². The molecule has 1 aromatic rings. The molecular formula is C12H17O2. The first-order valence-corrected chi connectivity index (χ1v) is 5.13. The van der Waals surface area contributed by atoms with Gasteiger partial charge >= 0.3 is 0 Å². The molecule has 0 N–H and O–H groups in total. The third kappa shape index (κ3) is 3.69. The lowest BCUT2D eigenvalue weighted by Crippen LogP contribution is -1.97. The molecule has 2 nitrogen and oxygen atoms in total. The van der Waals surface area contributed by atoms with E-state index in [4.69, 9.17) is 9.47 Å². The summed E-state index contributed by atoms with van der Waals surface area (Å²) in [6, 6.07) is 8.54. The van der Waals surface area contributed by atoms with E-state index in [1.807, 2.05) is 25.1 Å². The molecule has 0 aliphatic carbocycles. The standard InChI is InChI=1S/C12H17O2/c1-3-5-9-14-12-8-6-7-11(10-12)13-4-2/h7-8,10H,3-5,9H2,1-2H3. The van der Waals surface area contributed by atoms with Gasteiger partial charge in [0.2, 0.25) is 0 Å². The quantitative estimate of drug-likeness (QED) is 0.646. The van der Waals surface area contributed by atoms with Crippen molar-refractivity contribution in [3.63, 3.8) is 0 Å². The van der Waals surface area contributed by atoms with Gasteiger partial charge in [0.25, 0.3) is 0 Å². The molecule has 0 aliphatic heterocycles. The number of hydrogen-bond acceptors (Lipinski definition) is 2. The Hall–Kier alpha value is -1.18. The molecule has 0 saturated carbocycles. The van der Waals surface area contributed by atoms with Gasteiger partial charge in [0, 0.05) is 6.07 Å². The maximum Gasteiger partial charge on any atom is 0.123 e. The zero-order valence-corrected chi connectivity index (χ0v) is 8.88. The van der Waals surface area contributed by atoms with E-state index < -0.39 is 0 Å². The van der Waals surface area contributed by atoms with Crippen LogP contribution < -0.4 is 9.47 Å². The molecular weight excluding hydrogens is 176 g/mol. The van der Waals surface area contributed by atoms with Crippen LogP contribution in [0.3, 0.4) is 0 Å². The van der Waals surface area contributed by atoms with Crippen LogP contribution in [0.4, 0.5) is 0 Å². The van der Waals surface area contributed by atoms with Gasteiger partial charge in [-0.3, -0.25) is 0 Å². The molecule has 0 spiro atoms. The minimum atomic E-state index is 0.673. The van der Waals surface area contributed by atoms with E-state index in [1.54, 1.807) is 0 Å². The summed E-state index contributed by atoms with van der Waals surface area (Å²) in [4.78, 5) is 0. The maximum atomic E-state index is 5.52. The van der Waals surface area contributed by atoms with Gasteiger partial charge in [0.05, 0.1) is 13.2 Å². The van der Waals surface area contributed by atoms with Crippen molar-refractivity contribution in [3.05, 3.63) is 24.3 Å². The Kier molecular flexibility index (Phi) is 4.90. The van der Waals surface area contributed by atoms with Gasteiger partial charge in [-0.15, -0.1) is 0 Å². The van der Waals surface area contributed by atoms with E-state index in [0.29, 0.717) is 6.61 Å². The van der Waals surface area contributed by atoms with Crippen molar-refractivity contribution >= 4 is 0 Å². The van der Waals surface area contributed by atoms with Gasteiger partial charge in [0.1, 0.15) is 11.5 Å². The van der Waals surface area contributed by atoms with Crippen LogP contribution in [0.5, 0.6) is 11.5 Å². The van der Waals surface area contributed by atoms with E-state index in [-0.39, 0.29) is 0 Å². The largest absolute Gasteiger partial charge is 0.494 e. The maximum absolute atomic E-state index is 5.52. The van der Waals surface area contributed by atoms with E-state index in [2.05, 4.69) is 13.0 Å². The summed E-state index contributed by atoms with van der Waals surface area (Å²) in [6.45, 7) is 5.54. The summed E-state index contributed by atoms with van der Waals surface area (Å²) < 4.78 is 10.9. The smallest absolute Gasteiger partial charge is 0.123 e. The number of hydrogen-bond donors (Lipinski definition) is 0.